The molecule has 5 aromatic rings. The average molecular weight is 539 g/mol. The molecule has 2 N–H and O–H groups in total. The molecule has 5 rings (SSSR count). The molecular formula is C27H21F3N4O3S. The van der Waals surface area contributed by atoms with Crippen molar-refractivity contribution in [1.29, 1.82) is 0 Å². The Bertz CT molecular complexity index is 1730. The van der Waals surface area contributed by atoms with Crippen LogP contribution in [0.1, 0.15) is 11.1 Å². The summed E-state index contributed by atoms with van der Waals surface area (Å²) in [5.41, 5.74) is 3.89. The number of nitrogens with one attached hydrogen (secondary N) is 2. The zero-order valence-electron chi connectivity index (χ0n) is 20.2. The van der Waals surface area contributed by atoms with Crippen LogP contribution in [0.3, 0.4) is 0 Å². The lowest BCUT2D eigenvalue weighted by atomic mass is 10.1. The van der Waals surface area contributed by atoms with Crippen LogP contribution in [-0.2, 0) is 4.79 Å². The molecule has 0 spiro atoms. The van der Waals surface area contributed by atoms with Crippen LogP contribution in [-0.4, -0.2) is 32.6 Å². The first-order valence-electron chi connectivity index (χ1n) is 11.5. The van der Waals surface area contributed by atoms with Gasteiger partial charge in [0.25, 0.3) is 5.56 Å². The number of aryl methyl sites for hydroxylation is 1. The fraction of sp³-hybridized carbons (Fsp3) is 0.148. The molecule has 3 aromatic carbocycles. The smallest absolute Gasteiger partial charge is 0.406 e. The Labute approximate surface area is 218 Å². The highest BCUT2D eigenvalue weighted by atomic mass is 32.2. The minimum Gasteiger partial charge on any atom is -0.406 e. The molecule has 0 aliphatic heterocycles. The second-order valence-electron chi connectivity index (χ2n) is 8.56. The molecule has 38 heavy (non-hydrogen) atoms. The number of para-hydroxylation sites is 1. The number of amides is 1. The van der Waals surface area contributed by atoms with Gasteiger partial charge in [-0.25, -0.2) is 4.98 Å². The lowest BCUT2D eigenvalue weighted by molar-refractivity contribution is -0.274. The van der Waals surface area contributed by atoms with E-state index in [0.717, 1.165) is 40.4 Å². The molecule has 7 nitrogen and oxygen atoms in total. The molecule has 1 amide bonds. The topological polar surface area (TPSA) is 89.0 Å². The second kappa shape index (κ2) is 9.90. The number of fused-ring (bicyclic) bond motifs is 3. The maximum absolute atomic E-state index is 13.6. The van der Waals surface area contributed by atoms with Crippen molar-refractivity contribution in [2.75, 3.05) is 11.1 Å². The largest absolute Gasteiger partial charge is 0.573 e. The summed E-state index contributed by atoms with van der Waals surface area (Å²) in [5, 5.41) is 3.84. The number of carbonyl (C=O) groups excluding carboxylic acids is 1. The van der Waals surface area contributed by atoms with Crippen LogP contribution >= 0.6 is 11.8 Å². The third kappa shape index (κ3) is 5.10. The molecule has 0 aliphatic carbocycles. The number of aromatic amines is 1. The maximum Gasteiger partial charge on any atom is 0.573 e. The van der Waals surface area contributed by atoms with E-state index in [-0.39, 0.29) is 28.0 Å². The zero-order valence-corrected chi connectivity index (χ0v) is 21.0. The van der Waals surface area contributed by atoms with Gasteiger partial charge in [0, 0.05) is 16.6 Å². The molecule has 0 atom stereocenters. The molecule has 0 aliphatic rings. The van der Waals surface area contributed by atoms with Crippen LogP contribution in [0.4, 0.5) is 18.9 Å². The summed E-state index contributed by atoms with van der Waals surface area (Å²) in [4.78, 5) is 34.2. The monoisotopic (exact) mass is 538 g/mol. The van der Waals surface area contributed by atoms with Gasteiger partial charge in [-0.1, -0.05) is 42.1 Å². The van der Waals surface area contributed by atoms with Crippen LogP contribution < -0.4 is 15.6 Å². The van der Waals surface area contributed by atoms with Crippen molar-refractivity contribution in [2.24, 2.45) is 0 Å². The molecule has 0 bridgehead atoms. The molecule has 11 heteroatoms. The first-order chi connectivity index (χ1) is 18.1. The van der Waals surface area contributed by atoms with Gasteiger partial charge < -0.3 is 15.0 Å². The van der Waals surface area contributed by atoms with Crippen molar-refractivity contribution in [2.45, 2.75) is 25.4 Å². The fourth-order valence-electron chi connectivity index (χ4n) is 4.07. The Morgan fingerprint density at radius 3 is 2.53 bits per heavy atom. The molecule has 2 heterocycles. The van der Waals surface area contributed by atoms with Crippen molar-refractivity contribution >= 4 is 45.3 Å². The fourth-order valence-corrected chi connectivity index (χ4v) is 4.87. The van der Waals surface area contributed by atoms with Crippen LogP contribution in [0.5, 0.6) is 5.75 Å². The Balaban J connectivity index is 1.53. The van der Waals surface area contributed by atoms with Gasteiger partial charge in [-0.15, -0.1) is 13.2 Å². The van der Waals surface area contributed by atoms with E-state index in [1.54, 1.807) is 0 Å². The highest BCUT2D eigenvalue weighted by molar-refractivity contribution is 7.99. The summed E-state index contributed by atoms with van der Waals surface area (Å²) >= 11 is 1.05. The summed E-state index contributed by atoms with van der Waals surface area (Å²) in [6.45, 7) is 3.86. The number of alkyl halides is 3. The number of rotatable bonds is 6. The number of nitrogens with zero attached hydrogens (tertiary/aromatic N) is 2. The quantitative estimate of drug-likeness (QED) is 0.201. The SMILES string of the molecule is Cc1cccc(NC(=O)CSc2nc3c([nH]c4ccccc43)c(=O)n2-c2ccc(OC(F)(F)F)cc2)c1C. The highest BCUT2D eigenvalue weighted by Gasteiger charge is 2.31. The van der Waals surface area contributed by atoms with E-state index in [4.69, 9.17) is 4.98 Å². The predicted molar refractivity (Wildman–Crippen MR) is 141 cm³/mol. The van der Waals surface area contributed by atoms with E-state index in [9.17, 15) is 22.8 Å². The molecule has 0 saturated heterocycles. The van der Waals surface area contributed by atoms with Gasteiger partial charge in [0.2, 0.25) is 5.91 Å². The van der Waals surface area contributed by atoms with Gasteiger partial charge in [0.15, 0.2) is 5.16 Å². The van der Waals surface area contributed by atoms with E-state index >= 15 is 0 Å². The van der Waals surface area contributed by atoms with Gasteiger partial charge in [-0.05, 0) is 61.4 Å². The normalized spacial score (nSPS) is 11.7. The first-order valence-corrected chi connectivity index (χ1v) is 12.5. The Kier molecular flexibility index (Phi) is 6.62. The Hall–Kier alpha value is -4.25. The van der Waals surface area contributed by atoms with Crippen molar-refractivity contribution < 1.29 is 22.7 Å². The lowest BCUT2D eigenvalue weighted by Gasteiger charge is -2.14. The zero-order chi connectivity index (χ0) is 27.0. The second-order valence-corrected chi connectivity index (χ2v) is 9.50. The van der Waals surface area contributed by atoms with Crippen molar-refractivity contribution in [3.8, 4) is 11.4 Å². The highest BCUT2D eigenvalue weighted by Crippen LogP contribution is 2.28. The van der Waals surface area contributed by atoms with Crippen LogP contribution in [0, 0.1) is 13.8 Å². The van der Waals surface area contributed by atoms with Gasteiger partial charge in [-0.2, -0.15) is 0 Å². The lowest BCUT2D eigenvalue weighted by Crippen LogP contribution is -2.23. The number of halogens is 3. The minimum absolute atomic E-state index is 0.0526. The van der Waals surface area contributed by atoms with E-state index < -0.39 is 17.7 Å². The van der Waals surface area contributed by atoms with E-state index in [2.05, 4.69) is 15.0 Å². The average Bonchev–Trinajstić information content (AvgIpc) is 3.24. The summed E-state index contributed by atoms with van der Waals surface area (Å²) < 4.78 is 43.1. The van der Waals surface area contributed by atoms with E-state index in [1.807, 2.05) is 56.3 Å². The Morgan fingerprint density at radius 2 is 1.79 bits per heavy atom. The van der Waals surface area contributed by atoms with Crippen molar-refractivity contribution in [1.82, 2.24) is 14.5 Å². The molecule has 0 saturated carbocycles. The summed E-state index contributed by atoms with van der Waals surface area (Å²) in [7, 11) is 0. The third-order valence-electron chi connectivity index (χ3n) is 6.03. The Morgan fingerprint density at radius 1 is 1.05 bits per heavy atom. The maximum atomic E-state index is 13.6. The number of H-pyrrole nitrogens is 1. The van der Waals surface area contributed by atoms with Crippen LogP contribution in [0.15, 0.2) is 76.7 Å². The molecular weight excluding hydrogens is 517 g/mol. The third-order valence-corrected chi connectivity index (χ3v) is 6.97. The predicted octanol–water partition coefficient (Wildman–Crippen LogP) is 6.11. The molecule has 194 valence electrons. The van der Waals surface area contributed by atoms with E-state index in [1.165, 1.54) is 16.7 Å². The van der Waals surface area contributed by atoms with Crippen molar-refractivity contribution in [3.63, 3.8) is 0 Å². The summed E-state index contributed by atoms with van der Waals surface area (Å²) in [6, 6.07) is 17.8. The molecule has 0 unspecified atom stereocenters. The molecule has 0 radical (unpaired) electrons. The standard InChI is InChI=1S/C27H21F3N4O3S/c1-15-6-5-9-20(16(15)2)31-22(35)14-38-26-33-23-19-7-3-4-8-21(19)32-24(23)25(36)34(26)17-10-12-18(13-11-17)37-27(28,29)30/h3-13,32H,14H2,1-2H3,(H,31,35). The minimum atomic E-state index is -4.84. The first kappa shape index (κ1) is 25.4. The van der Waals surface area contributed by atoms with Gasteiger partial charge in [0.1, 0.15) is 16.8 Å². The molecule has 2 aromatic heterocycles. The number of aromatic nitrogens is 3. The summed E-state index contributed by atoms with van der Waals surface area (Å²) in [6.07, 6.45) is -4.84. The van der Waals surface area contributed by atoms with Gasteiger partial charge >= 0.3 is 6.36 Å². The number of hydrogen-bond donors (Lipinski definition) is 2. The van der Waals surface area contributed by atoms with Crippen LogP contribution in [0.25, 0.3) is 27.6 Å². The number of hydrogen-bond acceptors (Lipinski definition) is 5. The molecule has 0 fully saturated rings. The van der Waals surface area contributed by atoms with Crippen LogP contribution in [0.2, 0.25) is 0 Å². The number of carbonyl (C=O) groups is 1. The number of benzene rings is 3. The number of ether oxygens (including phenoxy) is 1. The number of thioether (sulfide) groups is 1. The van der Waals surface area contributed by atoms with Crippen molar-refractivity contribution in [3.05, 3.63) is 88.2 Å². The van der Waals surface area contributed by atoms with Gasteiger partial charge in [-0.3, -0.25) is 14.2 Å². The van der Waals surface area contributed by atoms with Gasteiger partial charge in [0.05, 0.1) is 11.4 Å². The summed E-state index contributed by atoms with van der Waals surface area (Å²) in [5.74, 6) is -0.767. The number of anilines is 1. The van der Waals surface area contributed by atoms with E-state index in [0.29, 0.717) is 16.7 Å².